The molecule has 1 aliphatic heterocycles. The first-order valence-corrected chi connectivity index (χ1v) is 8.12. The van der Waals surface area contributed by atoms with Crippen molar-refractivity contribution in [1.82, 2.24) is 20.1 Å². The fourth-order valence-corrected chi connectivity index (χ4v) is 2.54. The van der Waals surface area contributed by atoms with Gasteiger partial charge in [-0.15, -0.1) is 0 Å². The van der Waals surface area contributed by atoms with Crippen LogP contribution >= 0.6 is 0 Å². The molecule has 122 valence electrons. The van der Waals surface area contributed by atoms with Gasteiger partial charge >= 0.3 is 6.01 Å². The molecule has 8 heteroatoms. The van der Waals surface area contributed by atoms with E-state index in [0.29, 0.717) is 24.4 Å². The summed E-state index contributed by atoms with van der Waals surface area (Å²) in [6.07, 6.45) is 5.48. The van der Waals surface area contributed by atoms with Crippen LogP contribution in [0.25, 0.3) is 0 Å². The van der Waals surface area contributed by atoms with Crippen molar-refractivity contribution in [1.29, 1.82) is 0 Å². The summed E-state index contributed by atoms with van der Waals surface area (Å²) in [5.41, 5.74) is 0.894. The first kappa shape index (κ1) is 15.8. The Morgan fingerprint density at radius 3 is 2.70 bits per heavy atom. The smallest absolute Gasteiger partial charge is 0.324 e. The van der Waals surface area contributed by atoms with Crippen molar-refractivity contribution in [3.05, 3.63) is 18.2 Å². The molecule has 0 saturated carbocycles. The van der Waals surface area contributed by atoms with Crippen LogP contribution in [0.15, 0.2) is 16.9 Å². The van der Waals surface area contributed by atoms with Gasteiger partial charge in [-0.05, 0) is 18.8 Å². The van der Waals surface area contributed by atoms with E-state index >= 15 is 0 Å². The Morgan fingerprint density at radius 2 is 2.09 bits per heavy atom. The minimum Gasteiger partial charge on any atom is -0.476 e. The van der Waals surface area contributed by atoms with Crippen LogP contribution in [0.4, 0.5) is 6.01 Å². The van der Waals surface area contributed by atoms with Crippen molar-refractivity contribution in [2.24, 2.45) is 5.92 Å². The van der Waals surface area contributed by atoms with Crippen LogP contribution in [0.5, 0.6) is 5.88 Å². The van der Waals surface area contributed by atoms with E-state index in [9.17, 15) is 0 Å². The minimum absolute atomic E-state index is 0.286. The molecule has 2 aromatic rings. The fourth-order valence-electron chi connectivity index (χ4n) is 2.54. The van der Waals surface area contributed by atoms with E-state index in [1.807, 2.05) is 7.85 Å². The van der Waals surface area contributed by atoms with Gasteiger partial charge in [0.2, 0.25) is 5.88 Å². The Labute approximate surface area is 136 Å². The van der Waals surface area contributed by atoms with Crippen LogP contribution in [0.2, 0.25) is 0 Å². The third-order valence-corrected chi connectivity index (χ3v) is 4.06. The van der Waals surface area contributed by atoms with E-state index in [-0.39, 0.29) is 5.92 Å². The van der Waals surface area contributed by atoms with Crippen molar-refractivity contribution < 1.29 is 9.26 Å². The molecule has 0 spiro atoms. The van der Waals surface area contributed by atoms with Crippen molar-refractivity contribution in [2.75, 3.05) is 24.6 Å². The number of anilines is 1. The van der Waals surface area contributed by atoms with E-state index in [1.165, 1.54) is 0 Å². The van der Waals surface area contributed by atoms with Crippen molar-refractivity contribution >= 4 is 19.5 Å². The normalized spacial score (nSPS) is 16.0. The van der Waals surface area contributed by atoms with E-state index in [0.717, 1.165) is 37.3 Å². The summed E-state index contributed by atoms with van der Waals surface area (Å²) in [5, 5.41) is 4.03. The van der Waals surface area contributed by atoms with Gasteiger partial charge < -0.3 is 14.2 Å². The summed E-state index contributed by atoms with van der Waals surface area (Å²) in [6.45, 7) is 6.62. The molecule has 0 radical (unpaired) electrons. The molecule has 1 fully saturated rings. The van der Waals surface area contributed by atoms with Crippen LogP contribution in [-0.2, 0) is 0 Å². The Kier molecular flexibility index (Phi) is 4.78. The molecule has 0 amide bonds. The zero-order valence-electron chi connectivity index (χ0n) is 13.9. The molecule has 23 heavy (non-hydrogen) atoms. The number of rotatable bonds is 5. The van der Waals surface area contributed by atoms with Gasteiger partial charge in [-0.3, -0.25) is 4.98 Å². The highest BCUT2D eigenvalue weighted by Gasteiger charge is 2.24. The second kappa shape index (κ2) is 6.98. The predicted octanol–water partition coefficient (Wildman–Crippen LogP) is 0.537. The predicted molar refractivity (Wildman–Crippen MR) is 89.0 cm³/mol. The Bertz CT molecular complexity index is 623. The standard InChI is InChI=1S/C15H22BN5O2/c1-10(2)14-19-15(23-20-14)21-5-3-11(4-6-21)9-22-13-8-17-12(16)7-18-13/h7-8,10-11H,3-6,9,16H2,1-2H3. The second-order valence-corrected chi connectivity index (χ2v) is 6.33. The Hall–Kier alpha value is -2.12. The van der Waals surface area contributed by atoms with Gasteiger partial charge in [-0.25, -0.2) is 4.98 Å². The van der Waals surface area contributed by atoms with Crippen LogP contribution in [-0.4, -0.2) is 47.7 Å². The van der Waals surface area contributed by atoms with E-state index in [4.69, 9.17) is 9.26 Å². The lowest BCUT2D eigenvalue weighted by molar-refractivity contribution is 0.213. The van der Waals surface area contributed by atoms with E-state index < -0.39 is 0 Å². The van der Waals surface area contributed by atoms with Crippen LogP contribution in [0.1, 0.15) is 38.4 Å². The molecule has 1 saturated heterocycles. The first-order valence-electron chi connectivity index (χ1n) is 8.12. The lowest BCUT2D eigenvalue weighted by Crippen LogP contribution is -2.35. The number of nitrogens with zero attached hydrogens (tertiary/aromatic N) is 5. The summed E-state index contributed by atoms with van der Waals surface area (Å²) in [5.74, 6) is 2.16. The van der Waals surface area contributed by atoms with E-state index in [1.54, 1.807) is 12.4 Å². The van der Waals surface area contributed by atoms with Crippen LogP contribution < -0.4 is 15.2 Å². The van der Waals surface area contributed by atoms with Gasteiger partial charge in [0.15, 0.2) is 13.7 Å². The van der Waals surface area contributed by atoms with Gasteiger partial charge in [-0.1, -0.05) is 19.0 Å². The number of hydrogen-bond acceptors (Lipinski definition) is 7. The Balaban J connectivity index is 1.47. The summed E-state index contributed by atoms with van der Waals surface area (Å²) in [6, 6.07) is 0.637. The topological polar surface area (TPSA) is 77.2 Å². The van der Waals surface area contributed by atoms with Crippen LogP contribution in [0, 0.1) is 5.92 Å². The second-order valence-electron chi connectivity index (χ2n) is 6.33. The molecule has 0 unspecified atom stereocenters. The third kappa shape index (κ3) is 4.00. The zero-order valence-corrected chi connectivity index (χ0v) is 13.9. The van der Waals surface area contributed by atoms with Gasteiger partial charge in [0.1, 0.15) is 0 Å². The van der Waals surface area contributed by atoms with Crippen molar-refractivity contribution in [3.8, 4) is 5.88 Å². The van der Waals surface area contributed by atoms with Gasteiger partial charge in [-0.2, -0.15) is 4.98 Å². The lowest BCUT2D eigenvalue weighted by Gasteiger charge is -2.30. The summed E-state index contributed by atoms with van der Waals surface area (Å²) in [7, 11) is 1.91. The maximum atomic E-state index is 5.73. The molecular weight excluding hydrogens is 293 g/mol. The molecule has 0 bridgehead atoms. The van der Waals surface area contributed by atoms with Crippen molar-refractivity contribution in [3.63, 3.8) is 0 Å². The molecule has 0 aliphatic carbocycles. The third-order valence-electron chi connectivity index (χ3n) is 4.06. The molecule has 3 heterocycles. The minimum atomic E-state index is 0.286. The highest BCUT2D eigenvalue weighted by atomic mass is 16.5. The van der Waals surface area contributed by atoms with Crippen LogP contribution in [0.3, 0.4) is 0 Å². The molecule has 0 atom stereocenters. The number of piperidine rings is 1. The fraction of sp³-hybridized carbons (Fsp3) is 0.600. The summed E-state index contributed by atoms with van der Waals surface area (Å²) >= 11 is 0. The van der Waals surface area contributed by atoms with Gasteiger partial charge in [0.05, 0.1) is 12.8 Å². The zero-order chi connectivity index (χ0) is 16.2. The molecular formula is C15H22BN5O2. The number of hydrogen-bond donors (Lipinski definition) is 0. The van der Waals surface area contributed by atoms with E-state index in [2.05, 4.69) is 38.9 Å². The molecule has 1 aliphatic rings. The highest BCUT2D eigenvalue weighted by Crippen LogP contribution is 2.23. The maximum absolute atomic E-state index is 5.73. The summed E-state index contributed by atoms with van der Waals surface area (Å²) in [4.78, 5) is 15.0. The molecule has 0 aromatic carbocycles. The van der Waals surface area contributed by atoms with Gasteiger partial charge in [0, 0.05) is 30.8 Å². The number of aromatic nitrogens is 4. The largest absolute Gasteiger partial charge is 0.476 e. The molecule has 7 nitrogen and oxygen atoms in total. The Morgan fingerprint density at radius 1 is 1.30 bits per heavy atom. The van der Waals surface area contributed by atoms with Crippen molar-refractivity contribution in [2.45, 2.75) is 32.6 Å². The molecule has 2 aromatic heterocycles. The summed E-state index contributed by atoms with van der Waals surface area (Å²) < 4.78 is 11.1. The molecule has 0 N–H and O–H groups in total. The van der Waals surface area contributed by atoms with Gasteiger partial charge in [0.25, 0.3) is 0 Å². The lowest BCUT2D eigenvalue weighted by atomic mass is 9.98. The number of ether oxygens (including phenoxy) is 1. The monoisotopic (exact) mass is 315 g/mol. The molecule has 3 rings (SSSR count). The quantitative estimate of drug-likeness (QED) is 0.745. The maximum Gasteiger partial charge on any atom is 0.324 e. The SMILES string of the molecule is Bc1cnc(OCC2CCN(c3nc(C(C)C)no3)CC2)cn1. The average Bonchev–Trinajstić information content (AvgIpc) is 3.05. The average molecular weight is 315 g/mol. The first-order chi connectivity index (χ1) is 11.1. The highest BCUT2D eigenvalue weighted by molar-refractivity contribution is 6.30.